The van der Waals surface area contributed by atoms with Gasteiger partial charge in [-0.1, -0.05) is 23.7 Å². The standard InChI is InChI=1S/C13H13ClN2O3/c1-18-12-4-2-10(3-5-12)8-19-9-16-7-11(14)6-15-13(16)17/h2-7H,8-9H2,1H3. The molecule has 0 saturated carbocycles. The maximum absolute atomic E-state index is 11.4. The summed E-state index contributed by atoms with van der Waals surface area (Å²) in [6.45, 7) is 0.501. The van der Waals surface area contributed by atoms with Gasteiger partial charge in [0.05, 0.1) is 24.9 Å². The van der Waals surface area contributed by atoms with Gasteiger partial charge < -0.3 is 9.47 Å². The zero-order valence-electron chi connectivity index (χ0n) is 10.4. The molecule has 0 bridgehead atoms. The van der Waals surface area contributed by atoms with Crippen molar-refractivity contribution in [2.75, 3.05) is 7.11 Å². The highest BCUT2D eigenvalue weighted by molar-refractivity contribution is 6.30. The second kappa shape index (κ2) is 6.36. The van der Waals surface area contributed by atoms with Crippen LogP contribution in [0.1, 0.15) is 5.56 Å². The lowest BCUT2D eigenvalue weighted by Crippen LogP contribution is -2.23. The monoisotopic (exact) mass is 280 g/mol. The molecule has 0 aliphatic rings. The topological polar surface area (TPSA) is 53.4 Å². The molecule has 0 atom stereocenters. The molecule has 0 aliphatic heterocycles. The maximum Gasteiger partial charge on any atom is 0.349 e. The predicted octanol–water partition coefficient (Wildman–Crippen LogP) is 2.08. The van der Waals surface area contributed by atoms with E-state index in [4.69, 9.17) is 21.1 Å². The molecule has 2 rings (SSSR count). The number of aromatic nitrogens is 2. The normalized spacial score (nSPS) is 10.4. The number of ether oxygens (including phenoxy) is 2. The zero-order chi connectivity index (χ0) is 13.7. The van der Waals surface area contributed by atoms with Gasteiger partial charge in [0.25, 0.3) is 0 Å². The fraction of sp³-hybridized carbons (Fsp3) is 0.231. The minimum Gasteiger partial charge on any atom is -0.497 e. The molecule has 0 saturated heterocycles. The van der Waals surface area contributed by atoms with Crippen molar-refractivity contribution in [1.29, 1.82) is 0 Å². The van der Waals surface area contributed by atoms with E-state index in [2.05, 4.69) is 4.98 Å². The van der Waals surface area contributed by atoms with E-state index >= 15 is 0 Å². The van der Waals surface area contributed by atoms with Gasteiger partial charge in [0.15, 0.2) is 0 Å². The van der Waals surface area contributed by atoms with Gasteiger partial charge in [0.2, 0.25) is 0 Å². The Morgan fingerprint density at radius 2 is 2.05 bits per heavy atom. The SMILES string of the molecule is COc1ccc(COCn2cc(Cl)cnc2=O)cc1. The number of hydrogen-bond donors (Lipinski definition) is 0. The Balaban J connectivity index is 1.92. The molecule has 1 heterocycles. The van der Waals surface area contributed by atoms with Gasteiger partial charge in [-0.05, 0) is 17.7 Å². The minimum absolute atomic E-state index is 0.110. The van der Waals surface area contributed by atoms with E-state index in [-0.39, 0.29) is 12.4 Å². The largest absolute Gasteiger partial charge is 0.497 e. The van der Waals surface area contributed by atoms with E-state index in [1.807, 2.05) is 24.3 Å². The van der Waals surface area contributed by atoms with Crippen molar-refractivity contribution in [2.45, 2.75) is 13.3 Å². The second-order valence-corrected chi connectivity index (χ2v) is 4.29. The highest BCUT2D eigenvalue weighted by Crippen LogP contribution is 2.12. The van der Waals surface area contributed by atoms with Crippen LogP contribution in [0.15, 0.2) is 41.5 Å². The molecule has 6 heteroatoms. The minimum atomic E-state index is -0.390. The van der Waals surface area contributed by atoms with Crippen molar-refractivity contribution >= 4 is 11.6 Å². The van der Waals surface area contributed by atoms with E-state index in [0.717, 1.165) is 11.3 Å². The average molecular weight is 281 g/mol. The lowest BCUT2D eigenvalue weighted by atomic mass is 10.2. The van der Waals surface area contributed by atoms with E-state index in [0.29, 0.717) is 11.6 Å². The molecule has 5 nitrogen and oxygen atoms in total. The summed E-state index contributed by atoms with van der Waals surface area (Å²) >= 11 is 5.75. The molecule has 0 N–H and O–H groups in total. The van der Waals surface area contributed by atoms with Gasteiger partial charge >= 0.3 is 5.69 Å². The lowest BCUT2D eigenvalue weighted by molar-refractivity contribution is 0.0608. The van der Waals surface area contributed by atoms with Crippen molar-refractivity contribution < 1.29 is 9.47 Å². The summed E-state index contributed by atoms with van der Waals surface area (Å²) in [5.74, 6) is 0.791. The Morgan fingerprint density at radius 1 is 1.32 bits per heavy atom. The van der Waals surface area contributed by atoms with Gasteiger partial charge in [-0.2, -0.15) is 4.98 Å². The van der Waals surface area contributed by atoms with Gasteiger partial charge in [0, 0.05) is 6.20 Å². The van der Waals surface area contributed by atoms with Crippen LogP contribution in [0.25, 0.3) is 0 Å². The molecule has 19 heavy (non-hydrogen) atoms. The van der Waals surface area contributed by atoms with Gasteiger partial charge in [0.1, 0.15) is 12.5 Å². The summed E-state index contributed by atoms with van der Waals surface area (Å²) in [5.41, 5.74) is 0.600. The van der Waals surface area contributed by atoms with E-state index in [1.54, 1.807) is 7.11 Å². The fourth-order valence-electron chi connectivity index (χ4n) is 1.50. The highest BCUT2D eigenvalue weighted by atomic mass is 35.5. The summed E-state index contributed by atoms with van der Waals surface area (Å²) in [7, 11) is 1.62. The molecular formula is C13H13ClN2O3. The third kappa shape index (κ3) is 3.81. The summed E-state index contributed by atoms with van der Waals surface area (Å²) < 4.78 is 11.8. The molecule has 1 aromatic carbocycles. The van der Waals surface area contributed by atoms with Crippen LogP contribution in [0.2, 0.25) is 5.02 Å². The quantitative estimate of drug-likeness (QED) is 0.841. The van der Waals surface area contributed by atoms with Crippen LogP contribution in [-0.2, 0) is 18.1 Å². The van der Waals surface area contributed by atoms with Crippen LogP contribution in [-0.4, -0.2) is 16.7 Å². The number of nitrogens with zero attached hydrogens (tertiary/aromatic N) is 2. The van der Waals surface area contributed by atoms with Crippen LogP contribution in [0.5, 0.6) is 5.75 Å². The number of rotatable bonds is 5. The van der Waals surface area contributed by atoms with Crippen LogP contribution in [0, 0.1) is 0 Å². The first kappa shape index (κ1) is 13.6. The summed E-state index contributed by atoms with van der Waals surface area (Å²) in [4.78, 5) is 15.0. The molecule has 0 amide bonds. The van der Waals surface area contributed by atoms with Gasteiger partial charge in [-0.15, -0.1) is 0 Å². The molecule has 0 radical (unpaired) electrons. The first-order valence-electron chi connectivity index (χ1n) is 5.61. The Labute approximate surface area is 115 Å². The first-order chi connectivity index (χ1) is 9.19. The molecule has 0 spiro atoms. The Morgan fingerprint density at radius 3 is 2.74 bits per heavy atom. The maximum atomic E-state index is 11.4. The van der Waals surface area contributed by atoms with Crippen LogP contribution in [0.3, 0.4) is 0 Å². The predicted molar refractivity (Wildman–Crippen MR) is 71.3 cm³/mol. The summed E-state index contributed by atoms with van der Waals surface area (Å²) in [5, 5.41) is 0.396. The molecule has 1 aromatic heterocycles. The van der Waals surface area contributed by atoms with Crippen molar-refractivity contribution in [2.24, 2.45) is 0 Å². The van der Waals surface area contributed by atoms with Crippen LogP contribution >= 0.6 is 11.6 Å². The van der Waals surface area contributed by atoms with Gasteiger partial charge in [-0.25, -0.2) is 4.79 Å². The fourth-order valence-corrected chi connectivity index (χ4v) is 1.67. The van der Waals surface area contributed by atoms with E-state index in [1.165, 1.54) is 17.0 Å². The van der Waals surface area contributed by atoms with Crippen molar-refractivity contribution in [3.8, 4) is 5.75 Å². The highest BCUT2D eigenvalue weighted by Gasteiger charge is 1.99. The molecular weight excluding hydrogens is 268 g/mol. The van der Waals surface area contributed by atoms with Crippen LogP contribution in [0.4, 0.5) is 0 Å². The zero-order valence-corrected chi connectivity index (χ0v) is 11.1. The second-order valence-electron chi connectivity index (χ2n) is 3.85. The van der Waals surface area contributed by atoms with Crippen molar-refractivity contribution in [3.05, 3.63) is 57.7 Å². The molecule has 100 valence electrons. The third-order valence-corrected chi connectivity index (χ3v) is 2.68. The Bertz CT molecular complexity index is 596. The summed E-state index contributed by atoms with van der Waals surface area (Å²) in [6.07, 6.45) is 2.80. The van der Waals surface area contributed by atoms with E-state index in [9.17, 15) is 4.79 Å². The first-order valence-corrected chi connectivity index (χ1v) is 5.99. The Hall–Kier alpha value is -1.85. The molecule has 0 fully saturated rings. The average Bonchev–Trinajstić information content (AvgIpc) is 2.43. The van der Waals surface area contributed by atoms with Crippen molar-refractivity contribution in [1.82, 2.24) is 9.55 Å². The Kier molecular flexibility index (Phi) is 4.54. The number of methoxy groups -OCH3 is 1. The van der Waals surface area contributed by atoms with Crippen molar-refractivity contribution in [3.63, 3.8) is 0 Å². The number of halogens is 1. The molecule has 0 aliphatic carbocycles. The lowest BCUT2D eigenvalue weighted by Gasteiger charge is -2.07. The number of hydrogen-bond acceptors (Lipinski definition) is 4. The smallest absolute Gasteiger partial charge is 0.349 e. The number of benzene rings is 1. The van der Waals surface area contributed by atoms with E-state index < -0.39 is 0 Å². The summed E-state index contributed by atoms with van der Waals surface area (Å²) in [6, 6.07) is 7.51. The van der Waals surface area contributed by atoms with Crippen LogP contribution < -0.4 is 10.4 Å². The molecule has 2 aromatic rings. The third-order valence-electron chi connectivity index (χ3n) is 2.48. The van der Waals surface area contributed by atoms with Gasteiger partial charge in [-0.3, -0.25) is 4.57 Å². The molecule has 0 unspecified atom stereocenters.